The number of carbonyl (C=O) groups is 1. The van der Waals surface area contributed by atoms with Gasteiger partial charge in [-0.15, -0.1) is 5.10 Å². The smallest absolute Gasteiger partial charge is 0.243 e. The van der Waals surface area contributed by atoms with Crippen LogP contribution in [0.15, 0.2) is 40.4 Å². The van der Waals surface area contributed by atoms with Crippen molar-refractivity contribution >= 4 is 27.7 Å². The van der Waals surface area contributed by atoms with Crippen molar-refractivity contribution in [1.82, 2.24) is 24.4 Å². The van der Waals surface area contributed by atoms with E-state index in [0.29, 0.717) is 37.2 Å². The van der Waals surface area contributed by atoms with Crippen molar-refractivity contribution < 1.29 is 13.2 Å². The third kappa shape index (κ3) is 4.08. The zero-order valence-electron chi connectivity index (χ0n) is 14.6. The van der Waals surface area contributed by atoms with Gasteiger partial charge in [0, 0.05) is 26.2 Å². The molecule has 0 saturated carbocycles. The Hall–Kier alpha value is -1.91. The molecule has 1 aliphatic heterocycles. The standard InChI is InChI=1S/C16H21N5O3S2/c1-12(25-16-17-13(2)18-19-16)15(22)20-8-10-21(11-9-20)26(23,24)14-6-4-3-5-7-14/h3-7,12H,8-11H2,1-2H3,(H,17,18,19). The van der Waals surface area contributed by atoms with Gasteiger partial charge in [0.05, 0.1) is 10.1 Å². The van der Waals surface area contributed by atoms with Crippen molar-refractivity contribution in [3.8, 4) is 0 Å². The Morgan fingerprint density at radius 2 is 1.85 bits per heavy atom. The third-order valence-corrected chi connectivity index (χ3v) is 7.00. The fourth-order valence-corrected chi connectivity index (χ4v) is 5.03. The number of nitrogens with one attached hydrogen (secondary N) is 1. The summed E-state index contributed by atoms with van der Waals surface area (Å²) in [6.07, 6.45) is 0. The molecule has 140 valence electrons. The second-order valence-corrected chi connectivity index (χ2v) is 9.25. The Morgan fingerprint density at radius 3 is 2.42 bits per heavy atom. The van der Waals surface area contributed by atoms with Crippen molar-refractivity contribution in [2.45, 2.75) is 29.1 Å². The lowest BCUT2D eigenvalue weighted by Crippen LogP contribution is -2.52. The molecule has 1 atom stereocenters. The Kier molecular flexibility index (Phi) is 5.64. The maximum Gasteiger partial charge on any atom is 0.243 e. The van der Waals surface area contributed by atoms with Crippen LogP contribution >= 0.6 is 11.8 Å². The van der Waals surface area contributed by atoms with Gasteiger partial charge >= 0.3 is 0 Å². The minimum atomic E-state index is -3.51. The largest absolute Gasteiger partial charge is 0.339 e. The van der Waals surface area contributed by atoms with Crippen LogP contribution in [0, 0.1) is 6.92 Å². The van der Waals surface area contributed by atoms with Crippen LogP contribution in [-0.2, 0) is 14.8 Å². The molecule has 10 heteroatoms. The Morgan fingerprint density at radius 1 is 1.19 bits per heavy atom. The molecule has 1 aromatic heterocycles. The summed E-state index contributed by atoms with van der Waals surface area (Å²) in [6, 6.07) is 8.37. The highest BCUT2D eigenvalue weighted by Gasteiger charge is 2.31. The third-order valence-electron chi connectivity index (χ3n) is 4.14. The van der Waals surface area contributed by atoms with Gasteiger partial charge in [-0.25, -0.2) is 13.4 Å². The molecule has 0 bridgehead atoms. The average Bonchev–Trinajstić information content (AvgIpc) is 3.06. The Labute approximate surface area is 157 Å². The number of hydrogen-bond donors (Lipinski definition) is 1. The molecule has 1 aliphatic rings. The summed E-state index contributed by atoms with van der Waals surface area (Å²) < 4.78 is 26.7. The van der Waals surface area contributed by atoms with Crippen LogP contribution in [0.3, 0.4) is 0 Å². The molecule has 2 aromatic rings. The minimum Gasteiger partial charge on any atom is -0.339 e. The summed E-state index contributed by atoms with van der Waals surface area (Å²) in [6.45, 7) is 4.95. The van der Waals surface area contributed by atoms with Gasteiger partial charge in [0.25, 0.3) is 0 Å². The highest BCUT2D eigenvalue weighted by atomic mass is 32.2. The second kappa shape index (κ2) is 7.77. The van der Waals surface area contributed by atoms with E-state index in [4.69, 9.17) is 0 Å². The number of nitrogens with zero attached hydrogens (tertiary/aromatic N) is 4. The zero-order chi connectivity index (χ0) is 18.7. The number of amides is 1. The van der Waals surface area contributed by atoms with Crippen molar-refractivity contribution in [3.05, 3.63) is 36.2 Å². The number of thioether (sulfide) groups is 1. The summed E-state index contributed by atoms with van der Waals surface area (Å²) in [4.78, 5) is 18.8. The number of aryl methyl sites for hydroxylation is 1. The molecule has 1 saturated heterocycles. The van der Waals surface area contributed by atoms with Gasteiger partial charge in [0.1, 0.15) is 5.82 Å². The zero-order valence-corrected chi connectivity index (χ0v) is 16.3. The van der Waals surface area contributed by atoms with Crippen molar-refractivity contribution in [3.63, 3.8) is 0 Å². The lowest BCUT2D eigenvalue weighted by Gasteiger charge is -2.35. The molecule has 26 heavy (non-hydrogen) atoms. The molecule has 1 N–H and O–H groups in total. The van der Waals surface area contributed by atoms with E-state index in [-0.39, 0.29) is 16.1 Å². The fraction of sp³-hybridized carbons (Fsp3) is 0.438. The fourth-order valence-electron chi connectivity index (χ4n) is 2.73. The normalized spacial score (nSPS) is 17.2. The molecule has 1 unspecified atom stereocenters. The van der Waals surface area contributed by atoms with Crippen molar-refractivity contribution in [2.24, 2.45) is 0 Å². The van der Waals surface area contributed by atoms with Crippen molar-refractivity contribution in [1.29, 1.82) is 0 Å². The first-order chi connectivity index (χ1) is 12.4. The highest BCUT2D eigenvalue weighted by Crippen LogP contribution is 2.22. The average molecular weight is 396 g/mol. The van der Waals surface area contributed by atoms with Crippen LogP contribution in [-0.4, -0.2) is 70.1 Å². The van der Waals surface area contributed by atoms with Crippen LogP contribution in [0.5, 0.6) is 0 Å². The number of H-pyrrole nitrogens is 1. The van der Waals surface area contributed by atoms with Gasteiger partial charge in [-0.3, -0.25) is 9.89 Å². The van der Waals surface area contributed by atoms with E-state index in [1.165, 1.54) is 16.1 Å². The second-order valence-electron chi connectivity index (χ2n) is 6.01. The summed E-state index contributed by atoms with van der Waals surface area (Å²) in [7, 11) is -3.51. The van der Waals surface area contributed by atoms with E-state index in [0.717, 1.165) is 0 Å². The van der Waals surface area contributed by atoms with E-state index >= 15 is 0 Å². The molecular weight excluding hydrogens is 374 g/mol. The Bertz CT molecular complexity index is 861. The number of aromatic amines is 1. The molecule has 1 fully saturated rings. The van der Waals surface area contributed by atoms with E-state index < -0.39 is 10.0 Å². The van der Waals surface area contributed by atoms with Gasteiger partial charge in [-0.2, -0.15) is 4.31 Å². The van der Waals surface area contributed by atoms with E-state index in [9.17, 15) is 13.2 Å². The summed E-state index contributed by atoms with van der Waals surface area (Å²) in [5.41, 5.74) is 0. The topological polar surface area (TPSA) is 99.3 Å². The van der Waals surface area contributed by atoms with Gasteiger partial charge in [-0.1, -0.05) is 30.0 Å². The summed E-state index contributed by atoms with van der Waals surface area (Å²) in [5.74, 6) is 0.668. The van der Waals surface area contributed by atoms with E-state index in [2.05, 4.69) is 15.2 Å². The highest BCUT2D eigenvalue weighted by molar-refractivity contribution is 8.00. The van der Waals surface area contributed by atoms with Gasteiger partial charge in [0.2, 0.25) is 21.1 Å². The Balaban J connectivity index is 1.58. The first-order valence-electron chi connectivity index (χ1n) is 8.27. The van der Waals surface area contributed by atoms with E-state index in [1.54, 1.807) is 42.2 Å². The number of piperazine rings is 1. The van der Waals surface area contributed by atoms with Crippen LogP contribution in [0.4, 0.5) is 0 Å². The molecule has 0 spiro atoms. The predicted octanol–water partition coefficient (Wildman–Crippen LogP) is 1.13. The number of hydrogen-bond acceptors (Lipinski definition) is 6. The van der Waals surface area contributed by atoms with Crippen LogP contribution < -0.4 is 0 Å². The lowest BCUT2D eigenvalue weighted by atomic mass is 10.3. The monoisotopic (exact) mass is 395 g/mol. The molecule has 1 amide bonds. The quantitative estimate of drug-likeness (QED) is 0.762. The first-order valence-corrected chi connectivity index (χ1v) is 10.6. The maximum atomic E-state index is 12.6. The number of benzene rings is 1. The number of sulfonamides is 1. The van der Waals surface area contributed by atoms with Crippen LogP contribution in [0.2, 0.25) is 0 Å². The predicted molar refractivity (Wildman–Crippen MR) is 98.2 cm³/mol. The number of rotatable bonds is 5. The molecule has 0 radical (unpaired) electrons. The first kappa shape index (κ1) is 18.9. The molecule has 8 nitrogen and oxygen atoms in total. The molecular formula is C16H21N5O3S2. The van der Waals surface area contributed by atoms with Crippen LogP contribution in [0.25, 0.3) is 0 Å². The number of carbonyl (C=O) groups excluding carboxylic acids is 1. The molecule has 2 heterocycles. The summed E-state index contributed by atoms with van der Waals surface area (Å²) >= 11 is 1.29. The van der Waals surface area contributed by atoms with Gasteiger partial charge in [0.15, 0.2) is 0 Å². The van der Waals surface area contributed by atoms with Crippen LogP contribution in [0.1, 0.15) is 12.7 Å². The van der Waals surface area contributed by atoms with Gasteiger partial charge < -0.3 is 4.90 Å². The summed E-state index contributed by atoms with van der Waals surface area (Å²) in [5, 5.41) is 6.98. The number of aromatic nitrogens is 3. The molecule has 0 aliphatic carbocycles. The van der Waals surface area contributed by atoms with Crippen molar-refractivity contribution in [2.75, 3.05) is 26.2 Å². The molecule has 1 aromatic carbocycles. The SMILES string of the molecule is Cc1nc(SC(C)C(=O)N2CCN(S(=O)(=O)c3ccccc3)CC2)n[nH]1. The van der Waals surface area contributed by atoms with Gasteiger partial charge in [-0.05, 0) is 26.0 Å². The minimum absolute atomic E-state index is 0.0331. The lowest BCUT2D eigenvalue weighted by molar-refractivity contribution is -0.131. The molecule has 3 rings (SSSR count). The maximum absolute atomic E-state index is 12.6. The van der Waals surface area contributed by atoms with E-state index in [1.807, 2.05) is 6.92 Å².